The lowest BCUT2D eigenvalue weighted by atomic mass is 10.0. The van der Waals surface area contributed by atoms with E-state index in [9.17, 15) is 4.79 Å². The van der Waals surface area contributed by atoms with Gasteiger partial charge in [-0.1, -0.05) is 13.3 Å². The molecule has 0 heterocycles. The molecule has 2 nitrogen and oxygen atoms in total. The molecule has 64 valence electrons. The zero-order valence-corrected chi connectivity index (χ0v) is 7.30. The van der Waals surface area contributed by atoms with Gasteiger partial charge in [0.2, 0.25) is 0 Å². The maximum atomic E-state index is 11.1. The molecule has 0 unspecified atom stereocenters. The summed E-state index contributed by atoms with van der Waals surface area (Å²) in [6.07, 6.45) is 4.48. The minimum atomic E-state index is -0.0130. The maximum absolute atomic E-state index is 11.1. The van der Waals surface area contributed by atoms with Gasteiger partial charge in [-0.25, -0.2) is 0 Å². The average molecular weight is 156 g/mol. The van der Waals surface area contributed by atoms with Gasteiger partial charge < -0.3 is 4.74 Å². The van der Waals surface area contributed by atoms with Gasteiger partial charge in [0.25, 0.3) is 0 Å². The van der Waals surface area contributed by atoms with Gasteiger partial charge in [0.1, 0.15) is 0 Å². The molecule has 0 aromatic rings. The molecule has 11 heavy (non-hydrogen) atoms. The summed E-state index contributed by atoms with van der Waals surface area (Å²) in [5, 5.41) is 0. The van der Waals surface area contributed by atoms with Gasteiger partial charge in [-0.3, -0.25) is 4.79 Å². The Balaban J connectivity index is 2.35. The van der Waals surface area contributed by atoms with Gasteiger partial charge in [-0.05, 0) is 25.2 Å². The number of ether oxygens (including phenoxy) is 1. The van der Waals surface area contributed by atoms with E-state index in [1.165, 1.54) is 20.0 Å². The van der Waals surface area contributed by atoms with Crippen molar-refractivity contribution in [2.45, 2.75) is 32.6 Å². The summed E-state index contributed by atoms with van der Waals surface area (Å²) in [5.74, 6) is 0.949. The zero-order chi connectivity index (χ0) is 8.27. The molecule has 1 aliphatic rings. The van der Waals surface area contributed by atoms with Crippen LogP contribution in [0.3, 0.4) is 0 Å². The number of methoxy groups -OCH3 is 1. The highest BCUT2D eigenvalue weighted by Gasteiger charge is 2.29. The van der Waals surface area contributed by atoms with Crippen LogP contribution < -0.4 is 0 Å². The fourth-order valence-electron chi connectivity index (χ4n) is 1.83. The molecule has 0 radical (unpaired) electrons. The maximum Gasteiger partial charge on any atom is 0.308 e. The van der Waals surface area contributed by atoms with Crippen LogP contribution >= 0.6 is 0 Å². The molecular formula is C9H16O2. The third-order valence-electron chi connectivity index (χ3n) is 2.65. The number of hydrogen-bond donors (Lipinski definition) is 0. The number of carbonyl (C=O) groups excluding carboxylic acids is 1. The van der Waals surface area contributed by atoms with Crippen LogP contribution in [0.5, 0.6) is 0 Å². The van der Waals surface area contributed by atoms with Crippen molar-refractivity contribution in [3.05, 3.63) is 0 Å². The van der Waals surface area contributed by atoms with E-state index in [-0.39, 0.29) is 11.9 Å². The van der Waals surface area contributed by atoms with Crippen LogP contribution in [0.15, 0.2) is 0 Å². The quantitative estimate of drug-likeness (QED) is 0.571. The van der Waals surface area contributed by atoms with Gasteiger partial charge in [0.15, 0.2) is 0 Å². The second-order valence-electron chi connectivity index (χ2n) is 3.31. The molecule has 0 spiro atoms. The van der Waals surface area contributed by atoms with E-state index in [0.717, 1.165) is 18.8 Å². The van der Waals surface area contributed by atoms with E-state index in [1.54, 1.807) is 0 Å². The largest absolute Gasteiger partial charge is 0.469 e. The van der Waals surface area contributed by atoms with E-state index >= 15 is 0 Å². The smallest absolute Gasteiger partial charge is 0.308 e. The summed E-state index contributed by atoms with van der Waals surface area (Å²) in [7, 11) is 1.47. The lowest BCUT2D eigenvalue weighted by molar-refractivity contribution is -0.145. The molecule has 1 rings (SSSR count). The Kier molecular flexibility index (Phi) is 2.92. The van der Waals surface area contributed by atoms with E-state index < -0.39 is 0 Å². The molecule has 0 amide bonds. The van der Waals surface area contributed by atoms with E-state index in [2.05, 4.69) is 11.7 Å². The summed E-state index contributed by atoms with van der Waals surface area (Å²) in [5.41, 5.74) is 0. The second kappa shape index (κ2) is 3.74. The lowest BCUT2D eigenvalue weighted by Crippen LogP contribution is -2.12. The summed E-state index contributed by atoms with van der Waals surface area (Å²) >= 11 is 0. The molecule has 1 aliphatic carbocycles. The molecule has 0 aliphatic heterocycles. The molecule has 1 fully saturated rings. The Morgan fingerprint density at radius 2 is 2.27 bits per heavy atom. The first-order chi connectivity index (χ1) is 5.27. The highest BCUT2D eigenvalue weighted by molar-refractivity contribution is 5.72. The predicted molar refractivity (Wildman–Crippen MR) is 43.1 cm³/mol. The van der Waals surface area contributed by atoms with Crippen molar-refractivity contribution < 1.29 is 9.53 Å². The van der Waals surface area contributed by atoms with E-state index in [0.29, 0.717) is 0 Å². The van der Waals surface area contributed by atoms with Gasteiger partial charge in [-0.2, -0.15) is 0 Å². The van der Waals surface area contributed by atoms with Crippen molar-refractivity contribution in [1.82, 2.24) is 0 Å². The van der Waals surface area contributed by atoms with Crippen LogP contribution in [0, 0.1) is 11.8 Å². The number of hydrogen-bond acceptors (Lipinski definition) is 2. The topological polar surface area (TPSA) is 26.3 Å². The van der Waals surface area contributed by atoms with Gasteiger partial charge >= 0.3 is 5.97 Å². The monoisotopic (exact) mass is 156 g/mol. The van der Waals surface area contributed by atoms with Crippen LogP contribution in [-0.4, -0.2) is 13.1 Å². The van der Waals surface area contributed by atoms with Crippen molar-refractivity contribution in [1.29, 1.82) is 0 Å². The molecule has 2 atom stereocenters. The first kappa shape index (κ1) is 8.57. The lowest BCUT2D eigenvalue weighted by Gasteiger charge is -2.06. The first-order valence-corrected chi connectivity index (χ1v) is 4.35. The normalized spacial score (nSPS) is 30.4. The third-order valence-corrected chi connectivity index (χ3v) is 2.65. The fourth-order valence-corrected chi connectivity index (χ4v) is 1.83. The minimum Gasteiger partial charge on any atom is -0.469 e. The Morgan fingerprint density at radius 3 is 2.73 bits per heavy atom. The number of carbonyl (C=O) groups is 1. The highest BCUT2D eigenvalue weighted by atomic mass is 16.5. The molecule has 0 bridgehead atoms. The summed E-state index contributed by atoms with van der Waals surface area (Å²) in [6.45, 7) is 2.18. The van der Waals surface area contributed by atoms with Crippen LogP contribution in [-0.2, 0) is 9.53 Å². The molecular weight excluding hydrogens is 140 g/mol. The van der Waals surface area contributed by atoms with Gasteiger partial charge in [-0.15, -0.1) is 0 Å². The zero-order valence-electron chi connectivity index (χ0n) is 7.30. The van der Waals surface area contributed by atoms with Gasteiger partial charge in [0.05, 0.1) is 13.0 Å². The minimum absolute atomic E-state index is 0.0130. The molecule has 0 aromatic carbocycles. The van der Waals surface area contributed by atoms with Crippen molar-refractivity contribution >= 4 is 5.97 Å². The molecule has 0 saturated heterocycles. The van der Waals surface area contributed by atoms with Crippen LogP contribution in [0.1, 0.15) is 32.6 Å². The Bertz CT molecular complexity index is 142. The van der Waals surface area contributed by atoms with Crippen molar-refractivity contribution in [3.63, 3.8) is 0 Å². The van der Waals surface area contributed by atoms with E-state index in [1.807, 2.05) is 0 Å². The molecule has 1 saturated carbocycles. The van der Waals surface area contributed by atoms with Crippen LogP contribution in [0.4, 0.5) is 0 Å². The average Bonchev–Trinajstić information content (AvgIpc) is 2.50. The standard InChI is InChI=1S/C9H16O2/c1-3-7-4-5-8(6-7)9(10)11-2/h7-8H,3-6H2,1-2H3/t7-,8+/m0/s1. The summed E-state index contributed by atoms with van der Waals surface area (Å²) in [4.78, 5) is 11.1. The second-order valence-corrected chi connectivity index (χ2v) is 3.31. The Labute approximate surface area is 67.9 Å². The molecule has 2 heteroatoms. The summed E-state index contributed by atoms with van der Waals surface area (Å²) in [6, 6.07) is 0. The summed E-state index contributed by atoms with van der Waals surface area (Å²) < 4.78 is 4.69. The predicted octanol–water partition coefficient (Wildman–Crippen LogP) is 1.99. The SMILES string of the molecule is CC[C@H]1CC[C@@H](C(=O)OC)C1. The number of esters is 1. The Hall–Kier alpha value is -0.530. The number of rotatable bonds is 2. The fraction of sp³-hybridized carbons (Fsp3) is 0.889. The van der Waals surface area contributed by atoms with E-state index in [4.69, 9.17) is 0 Å². The first-order valence-electron chi connectivity index (χ1n) is 4.35. The molecule has 0 aromatic heterocycles. The van der Waals surface area contributed by atoms with Crippen molar-refractivity contribution in [3.8, 4) is 0 Å². The van der Waals surface area contributed by atoms with Crippen LogP contribution in [0.25, 0.3) is 0 Å². The highest BCUT2D eigenvalue weighted by Crippen LogP contribution is 2.33. The molecule has 0 N–H and O–H groups in total. The van der Waals surface area contributed by atoms with Crippen molar-refractivity contribution in [2.24, 2.45) is 11.8 Å². The van der Waals surface area contributed by atoms with Gasteiger partial charge in [0, 0.05) is 0 Å². The third kappa shape index (κ3) is 1.95. The Morgan fingerprint density at radius 1 is 1.55 bits per heavy atom. The van der Waals surface area contributed by atoms with Crippen molar-refractivity contribution in [2.75, 3.05) is 7.11 Å². The van der Waals surface area contributed by atoms with Crippen LogP contribution in [0.2, 0.25) is 0 Å².